The summed E-state index contributed by atoms with van der Waals surface area (Å²) in [5.41, 5.74) is 2.19. The summed E-state index contributed by atoms with van der Waals surface area (Å²) in [5.74, 6) is 0.863. The van der Waals surface area contributed by atoms with Gasteiger partial charge in [0.25, 0.3) is 0 Å². The Morgan fingerprint density at radius 2 is 2.07 bits per heavy atom. The highest BCUT2D eigenvalue weighted by Crippen LogP contribution is 2.27. The van der Waals surface area contributed by atoms with E-state index >= 15 is 0 Å². The minimum Gasteiger partial charge on any atom is -0.497 e. The van der Waals surface area contributed by atoms with Gasteiger partial charge in [0, 0.05) is 34.7 Å². The second-order valence-corrected chi connectivity index (χ2v) is 3.46. The smallest absolute Gasteiger partial charge is 0.120 e. The summed E-state index contributed by atoms with van der Waals surface area (Å²) in [7, 11) is 1.67. The van der Waals surface area contributed by atoms with Gasteiger partial charge < -0.3 is 9.72 Å². The van der Waals surface area contributed by atoms with E-state index in [1.54, 1.807) is 13.3 Å². The van der Waals surface area contributed by atoms with Gasteiger partial charge in [0.2, 0.25) is 0 Å². The van der Waals surface area contributed by atoms with Crippen LogP contribution in [0.25, 0.3) is 21.8 Å². The summed E-state index contributed by atoms with van der Waals surface area (Å²) in [6.07, 6.45) is 3.66. The number of ether oxygens (including phenoxy) is 1. The number of fused-ring (bicyclic) bond motifs is 3. The first kappa shape index (κ1) is 8.29. The fourth-order valence-electron chi connectivity index (χ4n) is 1.85. The van der Waals surface area contributed by atoms with Crippen molar-refractivity contribution in [2.75, 3.05) is 7.11 Å². The van der Waals surface area contributed by atoms with Crippen molar-refractivity contribution in [1.29, 1.82) is 0 Å². The summed E-state index contributed by atoms with van der Waals surface area (Å²) in [6.45, 7) is 0. The number of nitrogens with zero attached hydrogens (tertiary/aromatic N) is 1. The predicted molar refractivity (Wildman–Crippen MR) is 60.2 cm³/mol. The average molecular weight is 198 g/mol. The van der Waals surface area contributed by atoms with Crippen LogP contribution < -0.4 is 4.74 Å². The van der Waals surface area contributed by atoms with Crippen LogP contribution in [0.15, 0.2) is 36.7 Å². The molecule has 0 saturated carbocycles. The molecule has 1 N–H and O–H groups in total. The van der Waals surface area contributed by atoms with Crippen molar-refractivity contribution in [3.05, 3.63) is 36.7 Å². The lowest BCUT2D eigenvalue weighted by Crippen LogP contribution is -1.80. The van der Waals surface area contributed by atoms with Crippen molar-refractivity contribution in [2.24, 2.45) is 0 Å². The van der Waals surface area contributed by atoms with E-state index in [-0.39, 0.29) is 0 Å². The van der Waals surface area contributed by atoms with E-state index in [9.17, 15) is 0 Å². The summed E-state index contributed by atoms with van der Waals surface area (Å²) < 4.78 is 5.18. The fraction of sp³-hybridized carbons (Fsp3) is 0.0833. The standard InChI is InChI=1S/C12H10N2O/c1-15-8-2-3-9-10-7-13-5-4-11(10)14-12(9)6-8/h2-7,14H,1H3. The topological polar surface area (TPSA) is 37.9 Å². The lowest BCUT2D eigenvalue weighted by Gasteiger charge is -1.97. The number of aromatic amines is 1. The third-order valence-electron chi connectivity index (χ3n) is 2.61. The molecule has 0 fully saturated rings. The average Bonchev–Trinajstić information content (AvgIpc) is 2.66. The van der Waals surface area contributed by atoms with Crippen LogP contribution in [0.5, 0.6) is 5.75 Å². The van der Waals surface area contributed by atoms with Crippen LogP contribution in [0.4, 0.5) is 0 Å². The van der Waals surface area contributed by atoms with Gasteiger partial charge in [0.15, 0.2) is 0 Å². The van der Waals surface area contributed by atoms with Gasteiger partial charge in [0.05, 0.1) is 12.6 Å². The Labute approximate surface area is 86.7 Å². The summed E-state index contributed by atoms with van der Waals surface area (Å²) >= 11 is 0. The van der Waals surface area contributed by atoms with Crippen LogP contribution in [-0.2, 0) is 0 Å². The van der Waals surface area contributed by atoms with Crippen LogP contribution in [0, 0.1) is 0 Å². The Balaban J connectivity index is 2.43. The molecule has 3 aromatic rings. The lowest BCUT2D eigenvalue weighted by molar-refractivity contribution is 0.415. The van der Waals surface area contributed by atoms with Crippen LogP contribution >= 0.6 is 0 Å². The quantitative estimate of drug-likeness (QED) is 0.652. The van der Waals surface area contributed by atoms with Crippen molar-refractivity contribution in [1.82, 2.24) is 9.97 Å². The first-order chi connectivity index (χ1) is 7.38. The molecule has 0 amide bonds. The second kappa shape index (κ2) is 2.98. The fourth-order valence-corrected chi connectivity index (χ4v) is 1.85. The van der Waals surface area contributed by atoms with Gasteiger partial charge in [-0.15, -0.1) is 0 Å². The summed E-state index contributed by atoms with van der Waals surface area (Å²) in [6, 6.07) is 7.98. The monoisotopic (exact) mass is 198 g/mol. The molecule has 1 aromatic carbocycles. The Morgan fingerprint density at radius 3 is 2.93 bits per heavy atom. The van der Waals surface area contributed by atoms with Crippen molar-refractivity contribution in [2.45, 2.75) is 0 Å². The number of methoxy groups -OCH3 is 1. The summed E-state index contributed by atoms with van der Waals surface area (Å²) in [5, 5.41) is 2.33. The van der Waals surface area contributed by atoms with Crippen LogP contribution in [0.3, 0.4) is 0 Å². The number of H-pyrrole nitrogens is 1. The molecule has 0 aliphatic rings. The molecule has 3 nitrogen and oxygen atoms in total. The number of rotatable bonds is 1. The number of aromatic nitrogens is 2. The molecule has 3 heteroatoms. The lowest BCUT2D eigenvalue weighted by atomic mass is 10.2. The van der Waals surface area contributed by atoms with Crippen molar-refractivity contribution in [3.63, 3.8) is 0 Å². The number of hydrogen-bond donors (Lipinski definition) is 1. The molecule has 0 unspecified atom stereocenters. The van der Waals surface area contributed by atoms with Crippen LogP contribution in [-0.4, -0.2) is 17.1 Å². The zero-order chi connectivity index (χ0) is 10.3. The Morgan fingerprint density at radius 1 is 1.13 bits per heavy atom. The first-order valence-corrected chi connectivity index (χ1v) is 4.78. The number of pyridine rings is 1. The Bertz CT molecular complexity index is 628. The molecule has 74 valence electrons. The molecular weight excluding hydrogens is 188 g/mol. The van der Waals surface area contributed by atoms with Crippen LogP contribution in [0.2, 0.25) is 0 Å². The molecule has 0 spiro atoms. The van der Waals surface area contributed by atoms with E-state index in [0.717, 1.165) is 22.2 Å². The van der Waals surface area contributed by atoms with Crippen LogP contribution in [0.1, 0.15) is 0 Å². The molecule has 0 bridgehead atoms. The minimum atomic E-state index is 0.863. The molecule has 0 saturated heterocycles. The largest absolute Gasteiger partial charge is 0.497 e. The maximum Gasteiger partial charge on any atom is 0.120 e. The SMILES string of the molecule is COc1ccc2c(c1)[nH]c1ccncc12. The minimum absolute atomic E-state index is 0.863. The van der Waals surface area contributed by atoms with Gasteiger partial charge in [-0.05, 0) is 18.2 Å². The first-order valence-electron chi connectivity index (χ1n) is 4.78. The molecular formula is C12H10N2O. The predicted octanol–water partition coefficient (Wildman–Crippen LogP) is 2.72. The maximum atomic E-state index is 5.18. The number of benzene rings is 1. The Hall–Kier alpha value is -2.03. The van der Waals surface area contributed by atoms with Gasteiger partial charge in [-0.2, -0.15) is 0 Å². The second-order valence-electron chi connectivity index (χ2n) is 3.46. The van der Waals surface area contributed by atoms with Gasteiger partial charge in [0.1, 0.15) is 5.75 Å². The van der Waals surface area contributed by atoms with E-state index < -0.39 is 0 Å². The van der Waals surface area contributed by atoms with E-state index in [1.165, 1.54) is 5.39 Å². The van der Waals surface area contributed by atoms with E-state index in [1.807, 2.05) is 24.4 Å². The van der Waals surface area contributed by atoms with E-state index in [0.29, 0.717) is 0 Å². The van der Waals surface area contributed by atoms with Gasteiger partial charge in [-0.25, -0.2) is 0 Å². The number of nitrogens with one attached hydrogen (secondary N) is 1. The third kappa shape index (κ3) is 1.16. The molecule has 0 aliphatic heterocycles. The molecule has 0 radical (unpaired) electrons. The maximum absolute atomic E-state index is 5.18. The molecule has 2 heterocycles. The zero-order valence-electron chi connectivity index (χ0n) is 8.32. The number of hydrogen-bond acceptors (Lipinski definition) is 2. The normalized spacial score (nSPS) is 11.0. The highest BCUT2D eigenvalue weighted by atomic mass is 16.5. The summed E-state index contributed by atoms with van der Waals surface area (Å²) in [4.78, 5) is 7.46. The van der Waals surface area contributed by atoms with E-state index in [4.69, 9.17) is 4.74 Å². The molecule has 2 aromatic heterocycles. The van der Waals surface area contributed by atoms with Crippen molar-refractivity contribution >= 4 is 21.8 Å². The Kier molecular flexibility index (Phi) is 1.65. The van der Waals surface area contributed by atoms with Crippen molar-refractivity contribution < 1.29 is 4.74 Å². The third-order valence-corrected chi connectivity index (χ3v) is 2.61. The molecule has 0 atom stereocenters. The van der Waals surface area contributed by atoms with E-state index in [2.05, 4.69) is 16.0 Å². The molecule has 0 aliphatic carbocycles. The van der Waals surface area contributed by atoms with Gasteiger partial charge >= 0.3 is 0 Å². The highest BCUT2D eigenvalue weighted by Gasteiger charge is 2.04. The van der Waals surface area contributed by atoms with Gasteiger partial charge in [-0.3, -0.25) is 4.98 Å². The zero-order valence-corrected chi connectivity index (χ0v) is 8.32. The van der Waals surface area contributed by atoms with Gasteiger partial charge in [-0.1, -0.05) is 0 Å². The van der Waals surface area contributed by atoms with Crippen molar-refractivity contribution in [3.8, 4) is 5.75 Å². The molecule has 3 rings (SSSR count). The highest BCUT2D eigenvalue weighted by molar-refractivity contribution is 6.07. The molecule has 15 heavy (non-hydrogen) atoms.